The van der Waals surface area contributed by atoms with E-state index in [2.05, 4.69) is 12.2 Å². The Labute approximate surface area is 162 Å². The van der Waals surface area contributed by atoms with E-state index in [1.807, 2.05) is 6.92 Å². The molecule has 2 saturated carbocycles. The molecular formula is C21H30N2O3S. The fourth-order valence-electron chi connectivity index (χ4n) is 5.38. The molecule has 6 heteroatoms. The first-order valence-electron chi connectivity index (χ1n) is 10.3. The molecule has 2 bridgehead atoms. The highest BCUT2D eigenvalue weighted by Crippen LogP contribution is 2.49. The van der Waals surface area contributed by atoms with Crippen LogP contribution in [0.25, 0.3) is 0 Å². The normalized spacial score (nSPS) is 29.2. The molecule has 5 nitrogen and oxygen atoms in total. The maximum Gasteiger partial charge on any atom is 0.251 e. The molecule has 1 aliphatic heterocycles. The van der Waals surface area contributed by atoms with Crippen molar-refractivity contribution in [2.45, 2.75) is 63.3 Å². The van der Waals surface area contributed by atoms with Crippen molar-refractivity contribution in [3.8, 4) is 0 Å². The second kappa shape index (κ2) is 7.21. The maximum absolute atomic E-state index is 12.9. The summed E-state index contributed by atoms with van der Waals surface area (Å²) in [4.78, 5) is 13.1. The molecule has 27 heavy (non-hydrogen) atoms. The number of hydrogen-bond donors (Lipinski definition) is 1. The molecule has 148 valence electrons. The Hall–Kier alpha value is -1.40. The summed E-state index contributed by atoms with van der Waals surface area (Å²) in [5.41, 5.74) is 1.29. The number of carbonyl (C=O) groups excluding carboxylic acids is 1. The number of fused-ring (bicyclic) bond motifs is 2. The Morgan fingerprint density at radius 3 is 2.56 bits per heavy atom. The molecule has 0 unspecified atom stereocenters. The van der Waals surface area contributed by atoms with Crippen LogP contribution in [0, 0.1) is 24.7 Å². The average molecular weight is 391 g/mol. The van der Waals surface area contributed by atoms with Crippen molar-refractivity contribution in [1.29, 1.82) is 0 Å². The summed E-state index contributed by atoms with van der Waals surface area (Å²) in [7, 11) is -3.51. The lowest BCUT2D eigenvalue weighted by Crippen LogP contribution is -2.40. The van der Waals surface area contributed by atoms with Crippen molar-refractivity contribution in [2.75, 3.05) is 13.1 Å². The number of nitrogens with one attached hydrogen (secondary N) is 1. The molecule has 1 aromatic rings. The van der Waals surface area contributed by atoms with E-state index in [1.165, 1.54) is 30.0 Å². The molecule has 3 fully saturated rings. The number of amides is 1. The molecule has 0 aromatic heterocycles. The van der Waals surface area contributed by atoms with Crippen LogP contribution < -0.4 is 5.32 Å². The number of hydrogen-bond acceptors (Lipinski definition) is 3. The first-order valence-corrected chi connectivity index (χ1v) is 11.7. The molecule has 0 spiro atoms. The largest absolute Gasteiger partial charge is 0.349 e. The zero-order chi connectivity index (χ0) is 19.2. The lowest BCUT2D eigenvalue weighted by Gasteiger charge is -2.28. The Balaban J connectivity index is 1.51. The summed E-state index contributed by atoms with van der Waals surface area (Å²) in [6.45, 7) is 5.10. The number of nitrogens with zero attached hydrogens (tertiary/aromatic N) is 1. The topological polar surface area (TPSA) is 66.5 Å². The Kier molecular flexibility index (Phi) is 5.06. The van der Waals surface area contributed by atoms with Crippen LogP contribution >= 0.6 is 0 Å². The Bertz CT molecular complexity index is 830. The number of rotatable bonds is 5. The molecule has 4 atom stereocenters. The summed E-state index contributed by atoms with van der Waals surface area (Å²) < 4.78 is 27.2. The highest BCUT2D eigenvalue weighted by atomic mass is 32.2. The van der Waals surface area contributed by atoms with E-state index in [9.17, 15) is 13.2 Å². The van der Waals surface area contributed by atoms with Gasteiger partial charge in [0.15, 0.2) is 0 Å². The van der Waals surface area contributed by atoms with Crippen LogP contribution in [0.2, 0.25) is 0 Å². The summed E-state index contributed by atoms with van der Waals surface area (Å²) in [6.07, 6.45) is 6.97. The van der Waals surface area contributed by atoms with Gasteiger partial charge in [-0.15, -0.1) is 0 Å². The molecular weight excluding hydrogens is 360 g/mol. The van der Waals surface area contributed by atoms with E-state index in [1.54, 1.807) is 18.2 Å². The Morgan fingerprint density at radius 2 is 1.93 bits per heavy atom. The number of sulfonamides is 1. The van der Waals surface area contributed by atoms with E-state index < -0.39 is 10.0 Å². The van der Waals surface area contributed by atoms with Gasteiger partial charge in [0.05, 0.1) is 4.90 Å². The van der Waals surface area contributed by atoms with Crippen LogP contribution in [-0.2, 0) is 10.0 Å². The summed E-state index contributed by atoms with van der Waals surface area (Å²) in [5.74, 6) is 1.99. The molecule has 1 saturated heterocycles. The fraction of sp³-hybridized carbons (Fsp3) is 0.667. The minimum Gasteiger partial charge on any atom is -0.349 e. The summed E-state index contributed by atoms with van der Waals surface area (Å²) in [6, 6.07) is 5.07. The van der Waals surface area contributed by atoms with E-state index in [0.29, 0.717) is 24.6 Å². The maximum atomic E-state index is 12.9. The van der Waals surface area contributed by atoms with Crippen molar-refractivity contribution in [1.82, 2.24) is 9.62 Å². The van der Waals surface area contributed by atoms with Crippen LogP contribution in [0.1, 0.15) is 61.4 Å². The van der Waals surface area contributed by atoms with Crippen LogP contribution in [0.5, 0.6) is 0 Å². The minimum atomic E-state index is -3.51. The van der Waals surface area contributed by atoms with Gasteiger partial charge in [-0.3, -0.25) is 4.79 Å². The van der Waals surface area contributed by atoms with E-state index in [4.69, 9.17) is 0 Å². The van der Waals surface area contributed by atoms with Gasteiger partial charge in [0.1, 0.15) is 0 Å². The van der Waals surface area contributed by atoms with E-state index in [0.717, 1.165) is 30.2 Å². The number of carbonyl (C=O) groups is 1. The minimum absolute atomic E-state index is 0.131. The van der Waals surface area contributed by atoms with Gasteiger partial charge in [-0.1, -0.05) is 12.5 Å². The highest BCUT2D eigenvalue weighted by molar-refractivity contribution is 7.89. The average Bonchev–Trinajstić information content (AvgIpc) is 3.39. The van der Waals surface area contributed by atoms with Gasteiger partial charge in [0.25, 0.3) is 5.91 Å². The lowest BCUT2D eigenvalue weighted by molar-refractivity contribution is 0.0914. The third kappa shape index (κ3) is 3.54. The van der Waals surface area contributed by atoms with Crippen molar-refractivity contribution in [3.05, 3.63) is 29.3 Å². The smallest absolute Gasteiger partial charge is 0.251 e. The molecule has 4 rings (SSSR count). The van der Waals surface area contributed by atoms with Gasteiger partial charge < -0.3 is 5.32 Å². The molecule has 2 aliphatic carbocycles. The first kappa shape index (κ1) is 18.9. The predicted molar refractivity (Wildman–Crippen MR) is 105 cm³/mol. The van der Waals surface area contributed by atoms with Crippen LogP contribution in [0.15, 0.2) is 23.1 Å². The van der Waals surface area contributed by atoms with Gasteiger partial charge in [0.2, 0.25) is 10.0 Å². The quantitative estimate of drug-likeness (QED) is 0.839. The Morgan fingerprint density at radius 1 is 1.19 bits per heavy atom. The summed E-state index contributed by atoms with van der Waals surface area (Å²) in [5, 5.41) is 3.16. The van der Waals surface area contributed by atoms with Crippen molar-refractivity contribution < 1.29 is 13.2 Å². The SMILES string of the molecule is Cc1ccc(S(=O)(=O)N2CCCC2)cc1C(=O)N[C@@H](C)[C@@H]1C[C@H]2CC[C@H]1C2. The van der Waals surface area contributed by atoms with Crippen LogP contribution in [-0.4, -0.2) is 37.8 Å². The van der Waals surface area contributed by atoms with Crippen molar-refractivity contribution in [3.63, 3.8) is 0 Å². The molecule has 3 aliphatic rings. The van der Waals surface area contributed by atoms with Crippen molar-refractivity contribution in [2.24, 2.45) is 17.8 Å². The zero-order valence-electron chi connectivity index (χ0n) is 16.3. The second-order valence-electron chi connectivity index (χ2n) is 8.69. The van der Waals surface area contributed by atoms with Gasteiger partial charge in [-0.05, 0) is 81.4 Å². The molecule has 1 heterocycles. The van der Waals surface area contributed by atoms with Gasteiger partial charge in [-0.25, -0.2) is 8.42 Å². The van der Waals surface area contributed by atoms with Gasteiger partial charge in [-0.2, -0.15) is 4.31 Å². The van der Waals surface area contributed by atoms with Gasteiger partial charge >= 0.3 is 0 Å². The highest BCUT2D eigenvalue weighted by Gasteiger charge is 2.42. The third-order valence-corrected chi connectivity index (χ3v) is 8.84. The van der Waals surface area contributed by atoms with Crippen LogP contribution in [0.4, 0.5) is 0 Å². The van der Waals surface area contributed by atoms with Crippen molar-refractivity contribution >= 4 is 15.9 Å². The van der Waals surface area contributed by atoms with Crippen LogP contribution in [0.3, 0.4) is 0 Å². The fourth-order valence-corrected chi connectivity index (χ4v) is 6.93. The number of aryl methyl sites for hydroxylation is 1. The standard InChI is InChI=1S/C21H30N2O3S/c1-14-5-8-18(27(25,26)23-9-3-4-10-23)13-19(14)21(24)22-15(2)20-12-16-6-7-17(20)11-16/h5,8,13,15-17,20H,3-4,6-7,9-12H2,1-2H3,(H,22,24)/t15-,16-,17-,20-/m0/s1. The second-order valence-corrected chi connectivity index (χ2v) is 10.6. The lowest BCUT2D eigenvalue weighted by atomic mass is 9.84. The van der Waals surface area contributed by atoms with Gasteiger partial charge in [0, 0.05) is 24.7 Å². The first-order chi connectivity index (χ1) is 12.9. The predicted octanol–water partition coefficient (Wildman–Crippen LogP) is 3.33. The molecule has 0 radical (unpaired) electrons. The monoisotopic (exact) mass is 390 g/mol. The summed E-state index contributed by atoms with van der Waals surface area (Å²) >= 11 is 0. The molecule has 1 aromatic carbocycles. The molecule has 1 amide bonds. The number of benzene rings is 1. The zero-order valence-corrected chi connectivity index (χ0v) is 17.1. The molecule has 1 N–H and O–H groups in total. The van der Waals surface area contributed by atoms with E-state index >= 15 is 0 Å². The van der Waals surface area contributed by atoms with E-state index in [-0.39, 0.29) is 16.8 Å². The third-order valence-electron chi connectivity index (χ3n) is 6.95.